The SMILES string of the molecule is CC1(C)CNC(CC#N)CN(C2CC2)C1. The molecule has 1 saturated carbocycles. The lowest BCUT2D eigenvalue weighted by Crippen LogP contribution is -2.38. The molecule has 0 aromatic heterocycles. The Morgan fingerprint density at radius 2 is 2.20 bits per heavy atom. The molecule has 0 radical (unpaired) electrons. The van der Waals surface area contributed by atoms with Gasteiger partial charge in [-0.15, -0.1) is 0 Å². The molecular weight excluding hydrogens is 186 g/mol. The first kappa shape index (κ1) is 10.9. The number of nitrogens with zero attached hydrogens (tertiary/aromatic N) is 2. The fraction of sp³-hybridized carbons (Fsp3) is 0.917. The number of rotatable bonds is 2. The molecule has 2 rings (SSSR count). The van der Waals surface area contributed by atoms with E-state index >= 15 is 0 Å². The second kappa shape index (κ2) is 4.11. The number of hydrogen-bond acceptors (Lipinski definition) is 3. The Labute approximate surface area is 92.4 Å². The van der Waals surface area contributed by atoms with Crippen LogP contribution in [0.1, 0.15) is 33.1 Å². The highest BCUT2D eigenvalue weighted by Crippen LogP contribution is 2.31. The lowest BCUT2D eigenvalue weighted by Gasteiger charge is -2.29. The molecule has 2 aliphatic rings. The summed E-state index contributed by atoms with van der Waals surface area (Å²) in [6.45, 7) is 7.88. The normalized spacial score (nSPS) is 31.9. The van der Waals surface area contributed by atoms with Gasteiger partial charge >= 0.3 is 0 Å². The van der Waals surface area contributed by atoms with E-state index in [1.807, 2.05) is 0 Å². The van der Waals surface area contributed by atoms with E-state index in [-0.39, 0.29) is 0 Å². The molecule has 0 aromatic rings. The van der Waals surface area contributed by atoms with Crippen molar-refractivity contribution in [3.8, 4) is 6.07 Å². The van der Waals surface area contributed by atoms with Crippen molar-refractivity contribution in [1.29, 1.82) is 5.26 Å². The molecule has 1 aliphatic heterocycles. The quantitative estimate of drug-likeness (QED) is 0.743. The van der Waals surface area contributed by atoms with Crippen LogP contribution in [0.25, 0.3) is 0 Å². The summed E-state index contributed by atoms with van der Waals surface area (Å²) in [5, 5.41) is 12.3. The van der Waals surface area contributed by atoms with Crippen LogP contribution in [0.3, 0.4) is 0 Å². The molecule has 3 nitrogen and oxygen atoms in total. The molecule has 1 N–H and O–H groups in total. The fourth-order valence-electron chi connectivity index (χ4n) is 2.40. The van der Waals surface area contributed by atoms with Crippen molar-refractivity contribution in [2.45, 2.75) is 45.2 Å². The minimum Gasteiger partial charge on any atom is -0.311 e. The van der Waals surface area contributed by atoms with Crippen molar-refractivity contribution in [3.05, 3.63) is 0 Å². The van der Waals surface area contributed by atoms with Crippen LogP contribution < -0.4 is 5.32 Å². The third-order valence-corrected chi connectivity index (χ3v) is 3.36. The molecule has 84 valence electrons. The van der Waals surface area contributed by atoms with E-state index in [1.165, 1.54) is 19.4 Å². The summed E-state index contributed by atoms with van der Waals surface area (Å²) in [7, 11) is 0. The van der Waals surface area contributed by atoms with Gasteiger partial charge in [0.05, 0.1) is 12.5 Å². The topological polar surface area (TPSA) is 39.1 Å². The van der Waals surface area contributed by atoms with Crippen molar-refractivity contribution in [1.82, 2.24) is 10.2 Å². The predicted molar refractivity (Wildman–Crippen MR) is 60.4 cm³/mol. The Balaban J connectivity index is 2.00. The Kier molecular flexibility index (Phi) is 2.99. The number of nitriles is 1. The lowest BCUT2D eigenvalue weighted by atomic mass is 9.93. The summed E-state index contributed by atoms with van der Waals surface area (Å²) in [4.78, 5) is 2.59. The van der Waals surface area contributed by atoms with Crippen LogP contribution in [0.2, 0.25) is 0 Å². The third kappa shape index (κ3) is 2.93. The average molecular weight is 207 g/mol. The Morgan fingerprint density at radius 3 is 2.80 bits per heavy atom. The van der Waals surface area contributed by atoms with Crippen LogP contribution in [0.15, 0.2) is 0 Å². The fourth-order valence-corrected chi connectivity index (χ4v) is 2.40. The standard InChI is InChI=1S/C12H21N3/c1-12(2)8-14-10(5-6-13)7-15(9-12)11-3-4-11/h10-11,14H,3-5,7-9H2,1-2H3. The summed E-state index contributed by atoms with van der Waals surface area (Å²) in [6, 6.07) is 3.47. The molecule has 15 heavy (non-hydrogen) atoms. The summed E-state index contributed by atoms with van der Waals surface area (Å²) >= 11 is 0. The van der Waals surface area contributed by atoms with Crippen LogP contribution in [-0.2, 0) is 0 Å². The Hall–Kier alpha value is -0.590. The summed E-state index contributed by atoms with van der Waals surface area (Å²) in [5.41, 5.74) is 0.340. The smallest absolute Gasteiger partial charge is 0.0638 e. The van der Waals surface area contributed by atoms with Crippen molar-refractivity contribution in [2.24, 2.45) is 5.41 Å². The zero-order chi connectivity index (χ0) is 10.9. The van der Waals surface area contributed by atoms with Gasteiger partial charge in [-0.2, -0.15) is 5.26 Å². The van der Waals surface area contributed by atoms with Gasteiger partial charge in [-0.05, 0) is 18.3 Å². The minimum atomic E-state index is 0.340. The molecule has 3 heteroatoms. The van der Waals surface area contributed by atoms with Gasteiger partial charge in [0.2, 0.25) is 0 Å². The number of nitrogens with one attached hydrogen (secondary N) is 1. The second-order valence-electron chi connectivity index (χ2n) is 5.76. The van der Waals surface area contributed by atoms with Crippen LogP contribution >= 0.6 is 0 Å². The van der Waals surface area contributed by atoms with E-state index in [2.05, 4.69) is 30.1 Å². The lowest BCUT2D eigenvalue weighted by molar-refractivity contribution is 0.193. The van der Waals surface area contributed by atoms with E-state index in [9.17, 15) is 0 Å². The maximum absolute atomic E-state index is 8.77. The molecule has 1 atom stereocenters. The second-order valence-corrected chi connectivity index (χ2v) is 5.76. The first-order valence-corrected chi connectivity index (χ1v) is 5.95. The maximum atomic E-state index is 8.77. The van der Waals surface area contributed by atoms with Gasteiger partial charge in [0.15, 0.2) is 0 Å². The first-order chi connectivity index (χ1) is 7.11. The van der Waals surface area contributed by atoms with Gasteiger partial charge in [-0.25, -0.2) is 0 Å². The molecule has 1 saturated heterocycles. The Morgan fingerprint density at radius 1 is 1.47 bits per heavy atom. The van der Waals surface area contributed by atoms with E-state index in [0.29, 0.717) is 17.9 Å². The summed E-state index contributed by atoms with van der Waals surface area (Å²) in [6.07, 6.45) is 3.35. The maximum Gasteiger partial charge on any atom is 0.0638 e. The molecule has 0 bridgehead atoms. The minimum absolute atomic E-state index is 0.340. The molecule has 1 heterocycles. The molecule has 1 unspecified atom stereocenters. The van der Waals surface area contributed by atoms with E-state index in [0.717, 1.165) is 19.1 Å². The van der Waals surface area contributed by atoms with Crippen molar-refractivity contribution < 1.29 is 0 Å². The highest BCUT2D eigenvalue weighted by Gasteiger charge is 2.36. The Bertz CT molecular complexity index is 263. The molecule has 0 amide bonds. The van der Waals surface area contributed by atoms with Gasteiger partial charge < -0.3 is 5.32 Å². The van der Waals surface area contributed by atoms with Crippen LogP contribution in [0.4, 0.5) is 0 Å². The van der Waals surface area contributed by atoms with Crippen molar-refractivity contribution in [3.63, 3.8) is 0 Å². The van der Waals surface area contributed by atoms with Crippen molar-refractivity contribution in [2.75, 3.05) is 19.6 Å². The van der Waals surface area contributed by atoms with Crippen LogP contribution in [0, 0.1) is 16.7 Å². The van der Waals surface area contributed by atoms with E-state index < -0.39 is 0 Å². The zero-order valence-corrected chi connectivity index (χ0v) is 9.79. The highest BCUT2D eigenvalue weighted by atomic mass is 15.2. The summed E-state index contributed by atoms with van der Waals surface area (Å²) < 4.78 is 0. The summed E-state index contributed by atoms with van der Waals surface area (Å²) in [5.74, 6) is 0. The molecule has 0 spiro atoms. The van der Waals surface area contributed by atoms with E-state index in [1.54, 1.807) is 0 Å². The van der Waals surface area contributed by atoms with Crippen LogP contribution in [-0.4, -0.2) is 36.6 Å². The highest BCUT2D eigenvalue weighted by molar-refractivity contribution is 4.95. The monoisotopic (exact) mass is 207 g/mol. The molecular formula is C12H21N3. The van der Waals surface area contributed by atoms with Gasteiger partial charge in [0.1, 0.15) is 0 Å². The molecule has 1 aliphatic carbocycles. The first-order valence-electron chi connectivity index (χ1n) is 5.95. The van der Waals surface area contributed by atoms with Crippen molar-refractivity contribution >= 4 is 0 Å². The zero-order valence-electron chi connectivity index (χ0n) is 9.79. The molecule has 2 fully saturated rings. The van der Waals surface area contributed by atoms with Crippen LogP contribution in [0.5, 0.6) is 0 Å². The van der Waals surface area contributed by atoms with Gasteiger partial charge in [0.25, 0.3) is 0 Å². The van der Waals surface area contributed by atoms with Gasteiger partial charge in [0, 0.05) is 31.7 Å². The third-order valence-electron chi connectivity index (χ3n) is 3.36. The number of hydrogen-bond donors (Lipinski definition) is 1. The predicted octanol–water partition coefficient (Wildman–Crippen LogP) is 1.36. The van der Waals surface area contributed by atoms with E-state index in [4.69, 9.17) is 5.26 Å². The average Bonchev–Trinajstić information content (AvgIpc) is 2.94. The van der Waals surface area contributed by atoms with Gasteiger partial charge in [-0.3, -0.25) is 4.90 Å². The van der Waals surface area contributed by atoms with Gasteiger partial charge in [-0.1, -0.05) is 13.8 Å². The molecule has 0 aromatic carbocycles. The largest absolute Gasteiger partial charge is 0.311 e.